The molecule has 0 radical (unpaired) electrons. The zero-order chi connectivity index (χ0) is 21.3. The smallest absolute Gasteiger partial charge is 0.261 e. The lowest BCUT2D eigenvalue weighted by Crippen LogP contribution is -2.45. The molecule has 3 aromatic rings. The van der Waals surface area contributed by atoms with E-state index in [0.717, 1.165) is 27.6 Å². The number of hydrogen-bond acceptors (Lipinski definition) is 3. The van der Waals surface area contributed by atoms with E-state index in [9.17, 15) is 4.79 Å². The summed E-state index contributed by atoms with van der Waals surface area (Å²) in [7, 11) is 0. The molecule has 1 N–H and O–H groups in total. The van der Waals surface area contributed by atoms with E-state index in [1.54, 1.807) is 0 Å². The number of rotatable bonds is 5. The summed E-state index contributed by atoms with van der Waals surface area (Å²) < 4.78 is 12.2. The quantitative estimate of drug-likeness (QED) is 0.592. The highest BCUT2D eigenvalue weighted by atomic mass is 16.5. The standard InChI is InChI=1S/C26H29NO3/c1-5-23(29-20-12-11-18-8-6-7-9-19(18)15-20)25(28)27-22-16-26(3,4)30-24-13-10-17(2)14-21(22)24/h6-15,22-23H,5,16H2,1-4H3,(H,27,28)/t22-,23+/m1/s1. The molecule has 1 aliphatic heterocycles. The molecule has 1 amide bonds. The fourth-order valence-corrected chi connectivity index (χ4v) is 4.09. The van der Waals surface area contributed by atoms with Crippen molar-refractivity contribution in [2.75, 3.05) is 0 Å². The summed E-state index contributed by atoms with van der Waals surface area (Å²) in [5.74, 6) is 1.45. The van der Waals surface area contributed by atoms with Gasteiger partial charge in [-0.05, 0) is 56.2 Å². The Labute approximate surface area is 178 Å². The molecule has 0 saturated heterocycles. The van der Waals surface area contributed by atoms with Crippen LogP contribution >= 0.6 is 0 Å². The fourth-order valence-electron chi connectivity index (χ4n) is 4.09. The molecule has 1 aliphatic rings. The number of carbonyl (C=O) groups is 1. The number of fused-ring (bicyclic) bond motifs is 2. The van der Waals surface area contributed by atoms with Crippen LogP contribution in [0.25, 0.3) is 10.8 Å². The average molecular weight is 404 g/mol. The average Bonchev–Trinajstić information content (AvgIpc) is 2.71. The summed E-state index contributed by atoms with van der Waals surface area (Å²) in [4.78, 5) is 13.1. The number of ether oxygens (including phenoxy) is 2. The minimum atomic E-state index is -0.551. The molecule has 156 valence electrons. The first-order valence-electron chi connectivity index (χ1n) is 10.6. The van der Waals surface area contributed by atoms with Gasteiger partial charge in [-0.25, -0.2) is 0 Å². The highest BCUT2D eigenvalue weighted by molar-refractivity contribution is 5.84. The summed E-state index contributed by atoms with van der Waals surface area (Å²) in [6, 6.07) is 20.1. The monoisotopic (exact) mass is 403 g/mol. The van der Waals surface area contributed by atoms with Crippen LogP contribution in [0.2, 0.25) is 0 Å². The minimum absolute atomic E-state index is 0.0965. The number of benzene rings is 3. The van der Waals surface area contributed by atoms with Crippen LogP contribution in [-0.4, -0.2) is 17.6 Å². The number of aryl methyl sites for hydroxylation is 1. The predicted octanol–water partition coefficient (Wildman–Crippen LogP) is 5.72. The maximum absolute atomic E-state index is 13.1. The molecule has 4 rings (SSSR count). The molecule has 0 spiro atoms. The number of hydrogen-bond donors (Lipinski definition) is 1. The van der Waals surface area contributed by atoms with Gasteiger partial charge >= 0.3 is 0 Å². The van der Waals surface area contributed by atoms with Gasteiger partial charge in [0.25, 0.3) is 5.91 Å². The van der Waals surface area contributed by atoms with E-state index in [-0.39, 0.29) is 17.6 Å². The van der Waals surface area contributed by atoms with Crippen molar-refractivity contribution < 1.29 is 14.3 Å². The van der Waals surface area contributed by atoms with E-state index in [4.69, 9.17) is 9.47 Å². The van der Waals surface area contributed by atoms with Crippen LogP contribution in [0.1, 0.15) is 50.8 Å². The van der Waals surface area contributed by atoms with Crippen molar-refractivity contribution in [2.45, 2.75) is 58.3 Å². The molecule has 1 heterocycles. The molecule has 3 aromatic carbocycles. The second-order valence-electron chi connectivity index (χ2n) is 8.69. The first kappa shape index (κ1) is 20.3. The third kappa shape index (κ3) is 4.28. The maximum atomic E-state index is 13.1. The van der Waals surface area contributed by atoms with Gasteiger partial charge < -0.3 is 14.8 Å². The molecule has 0 aliphatic carbocycles. The number of nitrogens with one attached hydrogen (secondary N) is 1. The molecule has 0 aromatic heterocycles. The fraction of sp³-hybridized carbons (Fsp3) is 0.346. The molecule has 4 nitrogen and oxygen atoms in total. The highest BCUT2D eigenvalue weighted by Crippen LogP contribution is 2.40. The van der Waals surface area contributed by atoms with Gasteiger partial charge in [0.15, 0.2) is 6.10 Å². The molecular formula is C26H29NO3. The van der Waals surface area contributed by atoms with E-state index in [1.807, 2.05) is 55.5 Å². The van der Waals surface area contributed by atoms with Crippen LogP contribution in [0.5, 0.6) is 11.5 Å². The second-order valence-corrected chi connectivity index (χ2v) is 8.69. The Bertz CT molecular complexity index is 1070. The number of amides is 1. The summed E-state index contributed by atoms with van der Waals surface area (Å²) in [5.41, 5.74) is 1.83. The van der Waals surface area contributed by atoms with Gasteiger partial charge in [-0.2, -0.15) is 0 Å². The zero-order valence-electron chi connectivity index (χ0n) is 18.1. The molecule has 0 saturated carbocycles. The topological polar surface area (TPSA) is 47.6 Å². The van der Waals surface area contributed by atoms with Gasteiger partial charge in [-0.1, -0.05) is 55.0 Å². The van der Waals surface area contributed by atoms with E-state index in [1.165, 1.54) is 0 Å². The first-order valence-corrected chi connectivity index (χ1v) is 10.6. The Kier molecular flexibility index (Phi) is 5.42. The Morgan fingerprint density at radius 1 is 1.13 bits per heavy atom. The molecule has 2 atom stereocenters. The van der Waals surface area contributed by atoms with Crippen molar-refractivity contribution in [2.24, 2.45) is 0 Å². The Hall–Kier alpha value is -3.01. The maximum Gasteiger partial charge on any atom is 0.261 e. The van der Waals surface area contributed by atoms with Gasteiger partial charge in [0.1, 0.15) is 17.1 Å². The lowest BCUT2D eigenvalue weighted by molar-refractivity contribution is -0.129. The van der Waals surface area contributed by atoms with Gasteiger partial charge in [0, 0.05) is 12.0 Å². The van der Waals surface area contributed by atoms with Crippen molar-refractivity contribution in [3.8, 4) is 11.5 Å². The summed E-state index contributed by atoms with van der Waals surface area (Å²) >= 11 is 0. The van der Waals surface area contributed by atoms with Gasteiger partial charge in [-0.3, -0.25) is 4.79 Å². The summed E-state index contributed by atoms with van der Waals surface area (Å²) in [6.45, 7) is 8.13. The Morgan fingerprint density at radius 2 is 1.90 bits per heavy atom. The van der Waals surface area contributed by atoms with Gasteiger partial charge in [0.2, 0.25) is 0 Å². The molecule has 0 fully saturated rings. The molecule has 0 bridgehead atoms. The van der Waals surface area contributed by atoms with Crippen molar-refractivity contribution in [1.29, 1.82) is 0 Å². The molecular weight excluding hydrogens is 374 g/mol. The molecule has 30 heavy (non-hydrogen) atoms. The van der Waals surface area contributed by atoms with Gasteiger partial charge in [0.05, 0.1) is 6.04 Å². The third-order valence-electron chi connectivity index (χ3n) is 5.60. The number of carbonyl (C=O) groups excluding carboxylic acids is 1. The Balaban J connectivity index is 1.53. The lowest BCUT2D eigenvalue weighted by atomic mass is 9.88. The Morgan fingerprint density at radius 3 is 2.67 bits per heavy atom. The van der Waals surface area contributed by atoms with Crippen LogP contribution in [0.4, 0.5) is 0 Å². The largest absolute Gasteiger partial charge is 0.487 e. The SMILES string of the molecule is CC[C@H](Oc1ccc2ccccc2c1)C(=O)N[C@@H]1CC(C)(C)Oc2ccc(C)cc21. The second kappa shape index (κ2) is 8.02. The third-order valence-corrected chi connectivity index (χ3v) is 5.60. The van der Waals surface area contributed by atoms with E-state index in [0.29, 0.717) is 18.6 Å². The van der Waals surface area contributed by atoms with Crippen molar-refractivity contribution in [1.82, 2.24) is 5.32 Å². The van der Waals surface area contributed by atoms with E-state index >= 15 is 0 Å². The van der Waals surface area contributed by atoms with Gasteiger partial charge in [-0.15, -0.1) is 0 Å². The normalized spacial score (nSPS) is 18.2. The first-order chi connectivity index (χ1) is 14.3. The minimum Gasteiger partial charge on any atom is -0.487 e. The zero-order valence-corrected chi connectivity index (χ0v) is 18.1. The molecule has 4 heteroatoms. The van der Waals surface area contributed by atoms with Crippen molar-refractivity contribution in [3.05, 3.63) is 71.8 Å². The van der Waals surface area contributed by atoms with Crippen molar-refractivity contribution in [3.63, 3.8) is 0 Å². The summed E-state index contributed by atoms with van der Waals surface area (Å²) in [5, 5.41) is 5.47. The van der Waals surface area contributed by atoms with Crippen LogP contribution < -0.4 is 14.8 Å². The van der Waals surface area contributed by atoms with Crippen LogP contribution in [0.15, 0.2) is 60.7 Å². The van der Waals surface area contributed by atoms with E-state index < -0.39 is 6.10 Å². The van der Waals surface area contributed by atoms with E-state index in [2.05, 4.69) is 38.2 Å². The predicted molar refractivity (Wildman–Crippen MR) is 120 cm³/mol. The lowest BCUT2D eigenvalue weighted by Gasteiger charge is -2.38. The van der Waals surface area contributed by atoms with Crippen molar-refractivity contribution >= 4 is 16.7 Å². The van der Waals surface area contributed by atoms with Crippen LogP contribution in [-0.2, 0) is 4.79 Å². The summed E-state index contributed by atoms with van der Waals surface area (Å²) in [6.07, 6.45) is 0.749. The highest BCUT2D eigenvalue weighted by Gasteiger charge is 2.35. The van der Waals surface area contributed by atoms with Crippen LogP contribution in [0, 0.1) is 6.92 Å². The molecule has 0 unspecified atom stereocenters. The van der Waals surface area contributed by atoms with Crippen LogP contribution in [0.3, 0.4) is 0 Å².